The largest absolute Gasteiger partial charge is 0.399 e. The van der Waals surface area contributed by atoms with Crippen LogP contribution in [0.3, 0.4) is 0 Å². The number of aromatic nitrogens is 4. The molecule has 3 atom stereocenters. The number of halogens is 1. The van der Waals surface area contributed by atoms with Crippen LogP contribution in [-0.4, -0.2) is 30.1 Å². The van der Waals surface area contributed by atoms with Crippen LogP contribution in [0.15, 0.2) is 42.0 Å². The summed E-state index contributed by atoms with van der Waals surface area (Å²) in [4.78, 5) is 8.37. The van der Waals surface area contributed by atoms with Gasteiger partial charge in [-0.25, -0.2) is 9.36 Å². The molecule has 0 bridgehead atoms. The predicted octanol–water partition coefficient (Wildman–Crippen LogP) is 3.85. The summed E-state index contributed by atoms with van der Waals surface area (Å²) >= 11 is 7.42. The number of nitrogens with two attached hydrogens (primary N) is 2. The van der Waals surface area contributed by atoms with E-state index in [1.807, 2.05) is 40.5 Å². The van der Waals surface area contributed by atoms with Gasteiger partial charge in [0.15, 0.2) is 0 Å². The summed E-state index contributed by atoms with van der Waals surface area (Å²) < 4.78 is 6.21. The van der Waals surface area contributed by atoms with Crippen molar-refractivity contribution in [1.82, 2.24) is 18.9 Å². The number of anilines is 2. The first kappa shape index (κ1) is 18.4. The van der Waals surface area contributed by atoms with E-state index in [2.05, 4.69) is 20.4 Å². The second-order valence-corrected chi connectivity index (χ2v) is 8.43. The zero-order valence-electron chi connectivity index (χ0n) is 15.4. The first-order chi connectivity index (χ1) is 14.0. The Balaban J connectivity index is 1.49. The maximum absolute atomic E-state index is 10.9. The molecule has 0 unspecified atom stereocenters. The summed E-state index contributed by atoms with van der Waals surface area (Å²) in [6.45, 7) is 0. The minimum atomic E-state index is -0.484. The van der Waals surface area contributed by atoms with Crippen molar-refractivity contribution in [2.24, 2.45) is 0 Å². The SMILES string of the molecule is Nc1cc(-c2cnsc2)cc([C@H]2C[C@@H](n3ccc4c(N)nc(Cl)nc43)C[C@@H]2O)c1. The van der Waals surface area contributed by atoms with Crippen LogP contribution in [0.25, 0.3) is 22.2 Å². The van der Waals surface area contributed by atoms with Crippen molar-refractivity contribution in [3.63, 3.8) is 0 Å². The number of hydrogen-bond donors (Lipinski definition) is 3. The highest BCUT2D eigenvalue weighted by Gasteiger charge is 2.36. The summed E-state index contributed by atoms with van der Waals surface area (Å²) in [7, 11) is 0. The molecule has 3 heterocycles. The van der Waals surface area contributed by atoms with Crippen LogP contribution in [0.5, 0.6) is 0 Å². The van der Waals surface area contributed by atoms with Crippen LogP contribution in [-0.2, 0) is 0 Å². The average Bonchev–Trinajstić information content (AvgIpc) is 3.40. The van der Waals surface area contributed by atoms with Crippen LogP contribution < -0.4 is 11.5 Å². The molecule has 1 aromatic carbocycles. The van der Waals surface area contributed by atoms with Gasteiger partial charge in [-0.1, -0.05) is 6.07 Å². The van der Waals surface area contributed by atoms with Crippen LogP contribution in [0.1, 0.15) is 30.4 Å². The number of hydrogen-bond acceptors (Lipinski definition) is 7. The Morgan fingerprint density at radius 1 is 1.14 bits per heavy atom. The number of nitrogens with zero attached hydrogens (tertiary/aromatic N) is 4. The van der Waals surface area contributed by atoms with E-state index < -0.39 is 6.10 Å². The second kappa shape index (κ2) is 6.98. The molecule has 4 aromatic rings. The maximum Gasteiger partial charge on any atom is 0.226 e. The number of rotatable bonds is 3. The van der Waals surface area contributed by atoms with E-state index in [0.717, 1.165) is 28.5 Å². The number of aliphatic hydroxyl groups excluding tert-OH is 1. The van der Waals surface area contributed by atoms with Crippen molar-refractivity contribution in [3.8, 4) is 11.1 Å². The molecule has 0 amide bonds. The first-order valence-electron chi connectivity index (χ1n) is 9.27. The molecule has 0 aliphatic heterocycles. The Kier molecular flexibility index (Phi) is 4.42. The van der Waals surface area contributed by atoms with Gasteiger partial charge in [0, 0.05) is 41.0 Å². The molecule has 1 aliphatic rings. The van der Waals surface area contributed by atoms with Crippen molar-refractivity contribution in [1.29, 1.82) is 0 Å². The lowest BCUT2D eigenvalue weighted by molar-refractivity contribution is 0.160. The van der Waals surface area contributed by atoms with E-state index in [1.165, 1.54) is 11.5 Å². The fourth-order valence-electron chi connectivity index (χ4n) is 4.30. The van der Waals surface area contributed by atoms with Crippen molar-refractivity contribution in [2.75, 3.05) is 11.5 Å². The zero-order chi connectivity index (χ0) is 20.1. The highest BCUT2D eigenvalue weighted by Crippen LogP contribution is 2.44. The second-order valence-electron chi connectivity index (χ2n) is 7.44. The van der Waals surface area contributed by atoms with Gasteiger partial charge in [-0.2, -0.15) is 4.98 Å². The normalized spacial score (nSPS) is 21.8. The van der Waals surface area contributed by atoms with E-state index in [4.69, 9.17) is 23.1 Å². The van der Waals surface area contributed by atoms with Gasteiger partial charge in [-0.05, 0) is 65.3 Å². The fourth-order valence-corrected chi connectivity index (χ4v) is 5.02. The minimum absolute atomic E-state index is 0.0269. The van der Waals surface area contributed by atoms with E-state index in [-0.39, 0.29) is 17.2 Å². The Hall–Kier alpha value is -2.68. The molecule has 0 spiro atoms. The molecular formula is C20H19ClN6OS. The third-order valence-electron chi connectivity index (χ3n) is 5.64. The monoisotopic (exact) mass is 426 g/mol. The minimum Gasteiger partial charge on any atom is -0.399 e. The van der Waals surface area contributed by atoms with Crippen LogP contribution in [0.4, 0.5) is 11.5 Å². The molecule has 7 nitrogen and oxygen atoms in total. The summed E-state index contributed by atoms with van der Waals surface area (Å²) in [5, 5.41) is 13.7. The Bertz CT molecular complexity index is 1190. The molecule has 29 heavy (non-hydrogen) atoms. The van der Waals surface area contributed by atoms with Crippen molar-refractivity contribution < 1.29 is 5.11 Å². The summed E-state index contributed by atoms with van der Waals surface area (Å²) in [6.07, 6.45) is 4.66. The average molecular weight is 427 g/mol. The van der Waals surface area contributed by atoms with E-state index in [9.17, 15) is 5.11 Å². The van der Waals surface area contributed by atoms with Gasteiger partial charge in [0.2, 0.25) is 5.28 Å². The molecule has 1 fully saturated rings. The van der Waals surface area contributed by atoms with Gasteiger partial charge >= 0.3 is 0 Å². The van der Waals surface area contributed by atoms with E-state index in [1.54, 1.807) is 0 Å². The number of nitrogen functional groups attached to an aromatic ring is 2. The maximum atomic E-state index is 10.9. The third-order valence-corrected chi connectivity index (χ3v) is 6.40. The number of benzene rings is 1. The van der Waals surface area contributed by atoms with E-state index in [0.29, 0.717) is 23.6 Å². The first-order valence-corrected chi connectivity index (χ1v) is 10.5. The lowest BCUT2D eigenvalue weighted by atomic mass is 9.92. The molecule has 5 N–H and O–H groups in total. The third kappa shape index (κ3) is 3.23. The van der Waals surface area contributed by atoms with Crippen LogP contribution >= 0.6 is 23.1 Å². The zero-order valence-corrected chi connectivity index (χ0v) is 16.9. The number of fused-ring (bicyclic) bond motifs is 1. The van der Waals surface area contributed by atoms with Gasteiger partial charge in [-0.15, -0.1) is 0 Å². The molecule has 0 radical (unpaired) electrons. The Morgan fingerprint density at radius 2 is 2.00 bits per heavy atom. The lowest BCUT2D eigenvalue weighted by Crippen LogP contribution is -2.11. The van der Waals surface area contributed by atoms with Gasteiger partial charge in [0.1, 0.15) is 11.5 Å². The Labute approximate surface area is 176 Å². The van der Waals surface area contributed by atoms with Gasteiger partial charge in [0.25, 0.3) is 0 Å². The number of aliphatic hydroxyl groups is 1. The van der Waals surface area contributed by atoms with Gasteiger partial charge < -0.3 is 21.1 Å². The molecule has 148 valence electrons. The van der Waals surface area contributed by atoms with Crippen molar-refractivity contribution in [2.45, 2.75) is 30.9 Å². The highest BCUT2D eigenvalue weighted by atomic mass is 35.5. The van der Waals surface area contributed by atoms with E-state index >= 15 is 0 Å². The molecule has 5 rings (SSSR count). The predicted molar refractivity (Wildman–Crippen MR) is 116 cm³/mol. The molecule has 0 saturated heterocycles. The highest BCUT2D eigenvalue weighted by molar-refractivity contribution is 7.03. The summed E-state index contributed by atoms with van der Waals surface area (Å²) in [5.41, 5.74) is 16.6. The molecule has 1 saturated carbocycles. The fraction of sp³-hybridized carbons (Fsp3) is 0.250. The summed E-state index contributed by atoms with van der Waals surface area (Å²) in [6, 6.07) is 7.95. The van der Waals surface area contributed by atoms with Crippen molar-refractivity contribution >= 4 is 45.7 Å². The summed E-state index contributed by atoms with van der Waals surface area (Å²) in [5.74, 6) is 0.333. The topological polar surface area (TPSA) is 116 Å². The van der Waals surface area contributed by atoms with Gasteiger partial charge in [-0.3, -0.25) is 0 Å². The molecular weight excluding hydrogens is 408 g/mol. The van der Waals surface area contributed by atoms with Crippen LogP contribution in [0.2, 0.25) is 5.28 Å². The van der Waals surface area contributed by atoms with Crippen molar-refractivity contribution in [3.05, 3.63) is 52.9 Å². The quantitative estimate of drug-likeness (QED) is 0.338. The standard InChI is InChI=1S/C20H19ClN6OS/c21-20-25-18(23)15-1-2-27(19(15)26-20)14-6-16(17(28)7-14)11-3-10(4-13(22)5-11)12-8-24-29-9-12/h1-5,8-9,14,16-17,28H,6-7,22H2,(H2,23,25,26)/t14-,16-,17+/m1/s1. The molecule has 9 heteroatoms. The smallest absolute Gasteiger partial charge is 0.226 e. The van der Waals surface area contributed by atoms with Gasteiger partial charge in [0.05, 0.1) is 11.5 Å². The van der Waals surface area contributed by atoms with Crippen LogP contribution in [0, 0.1) is 0 Å². The molecule has 3 aromatic heterocycles. The Morgan fingerprint density at radius 3 is 2.79 bits per heavy atom. The lowest BCUT2D eigenvalue weighted by Gasteiger charge is -2.17. The molecule has 1 aliphatic carbocycles.